The summed E-state index contributed by atoms with van der Waals surface area (Å²) in [6, 6.07) is 15.1. The molecule has 3 rings (SSSR count). The van der Waals surface area contributed by atoms with Gasteiger partial charge in [-0.15, -0.1) is 0 Å². The average molecular weight is 251 g/mol. The van der Waals surface area contributed by atoms with Gasteiger partial charge in [-0.25, -0.2) is 0 Å². The predicted molar refractivity (Wildman–Crippen MR) is 77.1 cm³/mol. The fourth-order valence-corrected chi connectivity index (χ4v) is 2.83. The summed E-state index contributed by atoms with van der Waals surface area (Å²) >= 11 is 0. The molecule has 2 heteroatoms. The van der Waals surface area contributed by atoms with Crippen LogP contribution in [0.25, 0.3) is 11.1 Å². The lowest BCUT2D eigenvalue weighted by atomic mass is 9.99. The van der Waals surface area contributed by atoms with E-state index in [0.717, 1.165) is 12.8 Å². The van der Waals surface area contributed by atoms with Gasteiger partial charge in [0.1, 0.15) is 0 Å². The third-order valence-electron chi connectivity index (χ3n) is 3.72. The highest BCUT2D eigenvalue weighted by atomic mass is 16.1. The molecule has 96 valence electrons. The summed E-state index contributed by atoms with van der Waals surface area (Å²) < 4.78 is 0. The van der Waals surface area contributed by atoms with Crippen molar-refractivity contribution in [2.24, 2.45) is 0 Å². The molecule has 2 nitrogen and oxygen atoms in total. The van der Waals surface area contributed by atoms with Crippen LogP contribution in [0.2, 0.25) is 0 Å². The van der Waals surface area contributed by atoms with Crippen LogP contribution in [0, 0.1) is 0 Å². The first-order chi connectivity index (χ1) is 9.25. The molecule has 1 amide bonds. The normalized spacial score (nSPS) is 11.8. The molecule has 0 radical (unpaired) electrons. The van der Waals surface area contributed by atoms with E-state index in [2.05, 4.69) is 47.8 Å². The van der Waals surface area contributed by atoms with E-state index in [0.29, 0.717) is 6.54 Å². The van der Waals surface area contributed by atoms with Crippen molar-refractivity contribution in [3.63, 3.8) is 0 Å². The van der Waals surface area contributed by atoms with Crippen LogP contribution in [0.3, 0.4) is 0 Å². The first-order valence-electron chi connectivity index (χ1n) is 6.69. The van der Waals surface area contributed by atoms with Crippen molar-refractivity contribution >= 4 is 5.91 Å². The maximum atomic E-state index is 10.9. The molecular weight excluding hydrogens is 234 g/mol. The van der Waals surface area contributed by atoms with Crippen molar-refractivity contribution in [3.05, 3.63) is 59.2 Å². The Labute approximate surface area is 113 Å². The van der Waals surface area contributed by atoms with Gasteiger partial charge in [-0.05, 0) is 40.7 Å². The fraction of sp³-hybridized carbons (Fsp3) is 0.235. The van der Waals surface area contributed by atoms with Crippen LogP contribution in [-0.4, -0.2) is 12.5 Å². The number of nitrogens with one attached hydrogen (secondary N) is 1. The van der Waals surface area contributed by atoms with Gasteiger partial charge >= 0.3 is 0 Å². The van der Waals surface area contributed by atoms with Gasteiger partial charge in [-0.1, -0.05) is 42.5 Å². The second kappa shape index (κ2) is 4.88. The molecule has 1 aliphatic rings. The zero-order valence-corrected chi connectivity index (χ0v) is 11.1. The van der Waals surface area contributed by atoms with Crippen LogP contribution in [0.1, 0.15) is 23.6 Å². The summed E-state index contributed by atoms with van der Waals surface area (Å²) in [5, 5.41) is 2.87. The molecule has 0 aromatic heterocycles. The van der Waals surface area contributed by atoms with Crippen LogP contribution in [-0.2, 0) is 17.6 Å². The van der Waals surface area contributed by atoms with Gasteiger partial charge in [0.15, 0.2) is 0 Å². The molecule has 0 bridgehead atoms. The van der Waals surface area contributed by atoms with E-state index in [-0.39, 0.29) is 5.91 Å². The molecule has 2 aromatic carbocycles. The van der Waals surface area contributed by atoms with Crippen LogP contribution >= 0.6 is 0 Å². The second-order valence-electron chi connectivity index (χ2n) is 5.01. The van der Waals surface area contributed by atoms with Gasteiger partial charge in [0.2, 0.25) is 5.91 Å². The standard InChI is InChI=1S/C17H17NO/c1-12(19)18-10-9-13-6-4-8-16-15-7-3-2-5-14(15)11-17(13)16/h2-8H,9-11H2,1H3,(H,18,19). The lowest BCUT2D eigenvalue weighted by Gasteiger charge is -2.08. The van der Waals surface area contributed by atoms with Gasteiger partial charge in [-0.2, -0.15) is 0 Å². The van der Waals surface area contributed by atoms with Gasteiger partial charge in [0.05, 0.1) is 0 Å². The van der Waals surface area contributed by atoms with E-state index in [4.69, 9.17) is 0 Å². The Balaban J connectivity index is 1.88. The van der Waals surface area contributed by atoms with Crippen LogP contribution in [0.5, 0.6) is 0 Å². The Morgan fingerprint density at radius 3 is 2.74 bits per heavy atom. The highest BCUT2D eigenvalue weighted by Gasteiger charge is 2.19. The summed E-state index contributed by atoms with van der Waals surface area (Å²) in [6.45, 7) is 2.27. The maximum absolute atomic E-state index is 10.9. The van der Waals surface area contributed by atoms with Gasteiger partial charge in [-0.3, -0.25) is 4.79 Å². The summed E-state index contributed by atoms with van der Waals surface area (Å²) in [5.74, 6) is 0.0378. The predicted octanol–water partition coefficient (Wildman–Crippen LogP) is 2.94. The Hall–Kier alpha value is -2.09. The zero-order valence-electron chi connectivity index (χ0n) is 11.1. The third-order valence-corrected chi connectivity index (χ3v) is 3.72. The fourth-order valence-electron chi connectivity index (χ4n) is 2.83. The molecule has 0 fully saturated rings. The third kappa shape index (κ3) is 2.26. The topological polar surface area (TPSA) is 29.1 Å². The SMILES string of the molecule is CC(=O)NCCc1cccc2c1Cc1ccccc1-2. The van der Waals surface area contributed by atoms with Gasteiger partial charge in [0, 0.05) is 13.5 Å². The van der Waals surface area contributed by atoms with E-state index in [1.54, 1.807) is 6.92 Å². The molecule has 19 heavy (non-hydrogen) atoms. The van der Waals surface area contributed by atoms with Crippen molar-refractivity contribution in [2.45, 2.75) is 19.8 Å². The molecular formula is C17H17NO. The number of hydrogen-bond acceptors (Lipinski definition) is 1. The number of benzene rings is 2. The largest absolute Gasteiger partial charge is 0.356 e. The van der Waals surface area contributed by atoms with E-state index in [9.17, 15) is 4.79 Å². The summed E-state index contributed by atoms with van der Waals surface area (Å²) in [5.41, 5.74) is 6.90. The Morgan fingerprint density at radius 1 is 1.11 bits per heavy atom. The minimum Gasteiger partial charge on any atom is -0.356 e. The minimum atomic E-state index is 0.0378. The van der Waals surface area contributed by atoms with Crippen molar-refractivity contribution in [2.75, 3.05) is 6.54 Å². The Bertz CT molecular complexity index is 631. The average Bonchev–Trinajstić information content (AvgIpc) is 2.78. The quantitative estimate of drug-likeness (QED) is 0.762. The highest BCUT2D eigenvalue weighted by Crippen LogP contribution is 2.37. The number of hydrogen-bond donors (Lipinski definition) is 1. The lowest BCUT2D eigenvalue weighted by molar-refractivity contribution is -0.118. The summed E-state index contributed by atoms with van der Waals surface area (Å²) in [4.78, 5) is 10.9. The number of rotatable bonds is 3. The van der Waals surface area contributed by atoms with Crippen molar-refractivity contribution < 1.29 is 4.79 Å². The minimum absolute atomic E-state index is 0.0378. The molecule has 0 atom stereocenters. The number of fused-ring (bicyclic) bond motifs is 3. The monoisotopic (exact) mass is 251 g/mol. The van der Waals surface area contributed by atoms with Crippen LogP contribution in [0.4, 0.5) is 0 Å². The first-order valence-corrected chi connectivity index (χ1v) is 6.69. The van der Waals surface area contributed by atoms with Gasteiger partial charge < -0.3 is 5.32 Å². The van der Waals surface area contributed by atoms with E-state index in [1.807, 2.05) is 0 Å². The number of carbonyl (C=O) groups excluding carboxylic acids is 1. The maximum Gasteiger partial charge on any atom is 0.216 e. The van der Waals surface area contributed by atoms with Gasteiger partial charge in [0.25, 0.3) is 0 Å². The molecule has 0 unspecified atom stereocenters. The lowest BCUT2D eigenvalue weighted by Crippen LogP contribution is -2.22. The van der Waals surface area contributed by atoms with E-state index in [1.165, 1.54) is 27.8 Å². The molecule has 0 heterocycles. The molecule has 2 aromatic rings. The van der Waals surface area contributed by atoms with Crippen molar-refractivity contribution in [1.82, 2.24) is 5.32 Å². The van der Waals surface area contributed by atoms with Crippen LogP contribution in [0.15, 0.2) is 42.5 Å². The molecule has 0 saturated heterocycles. The second-order valence-corrected chi connectivity index (χ2v) is 5.01. The first kappa shape index (κ1) is 12.0. The van der Waals surface area contributed by atoms with E-state index < -0.39 is 0 Å². The molecule has 1 aliphatic carbocycles. The molecule has 1 N–H and O–H groups in total. The summed E-state index contributed by atoms with van der Waals surface area (Å²) in [7, 11) is 0. The van der Waals surface area contributed by atoms with Crippen LogP contribution < -0.4 is 5.32 Å². The van der Waals surface area contributed by atoms with Crippen molar-refractivity contribution in [1.29, 1.82) is 0 Å². The summed E-state index contributed by atoms with van der Waals surface area (Å²) in [6.07, 6.45) is 1.92. The number of amides is 1. The van der Waals surface area contributed by atoms with Crippen molar-refractivity contribution in [3.8, 4) is 11.1 Å². The molecule has 0 aliphatic heterocycles. The highest BCUT2D eigenvalue weighted by molar-refractivity contribution is 5.78. The smallest absolute Gasteiger partial charge is 0.216 e. The molecule has 0 saturated carbocycles. The zero-order chi connectivity index (χ0) is 13.2. The van der Waals surface area contributed by atoms with E-state index >= 15 is 0 Å². The number of carbonyl (C=O) groups is 1. The molecule has 0 spiro atoms. The Kier molecular flexibility index (Phi) is 3.08. The Morgan fingerprint density at radius 2 is 1.89 bits per heavy atom.